The Labute approximate surface area is 119 Å². The third kappa shape index (κ3) is 2.39. The molecule has 0 unspecified atom stereocenters. The van der Waals surface area contributed by atoms with Gasteiger partial charge in [0.2, 0.25) is 5.91 Å². The van der Waals surface area contributed by atoms with Gasteiger partial charge in [0.1, 0.15) is 6.54 Å². The zero-order chi connectivity index (χ0) is 14.1. The maximum atomic E-state index is 12.4. The summed E-state index contributed by atoms with van der Waals surface area (Å²) in [6.45, 7) is 4.17. The maximum Gasteiger partial charge on any atom is 0.242 e. The molecule has 0 atom stereocenters. The van der Waals surface area contributed by atoms with Gasteiger partial charge in [-0.3, -0.25) is 9.59 Å². The van der Waals surface area contributed by atoms with Crippen molar-refractivity contribution in [1.82, 2.24) is 9.47 Å². The molecule has 108 valence electrons. The molecule has 3 rings (SSSR count). The first-order valence-electron chi connectivity index (χ1n) is 7.67. The average Bonchev–Trinajstić information content (AvgIpc) is 2.78. The van der Waals surface area contributed by atoms with Crippen LogP contribution in [0.15, 0.2) is 6.07 Å². The summed E-state index contributed by atoms with van der Waals surface area (Å²) in [5, 5.41) is 0. The third-order valence-electron chi connectivity index (χ3n) is 4.54. The molecule has 4 heteroatoms. The number of nitrogens with zero attached hydrogens (tertiary/aromatic N) is 2. The van der Waals surface area contributed by atoms with Crippen LogP contribution in [0.3, 0.4) is 0 Å². The lowest BCUT2D eigenvalue weighted by Crippen LogP contribution is -2.38. The summed E-state index contributed by atoms with van der Waals surface area (Å²) in [5.41, 5.74) is 2.96. The van der Waals surface area contributed by atoms with E-state index in [9.17, 15) is 9.59 Å². The third-order valence-corrected chi connectivity index (χ3v) is 4.54. The molecule has 0 N–H and O–H groups in total. The Morgan fingerprint density at radius 1 is 1.15 bits per heavy atom. The summed E-state index contributed by atoms with van der Waals surface area (Å²) < 4.78 is 2.06. The van der Waals surface area contributed by atoms with Crippen LogP contribution in [0.4, 0.5) is 0 Å². The first-order chi connectivity index (χ1) is 9.66. The van der Waals surface area contributed by atoms with E-state index in [1.165, 1.54) is 6.42 Å². The predicted molar refractivity (Wildman–Crippen MR) is 76.9 cm³/mol. The molecule has 1 aromatic rings. The van der Waals surface area contributed by atoms with Crippen molar-refractivity contribution in [2.24, 2.45) is 0 Å². The van der Waals surface area contributed by atoms with Gasteiger partial charge in [0, 0.05) is 36.5 Å². The molecule has 0 bridgehead atoms. The van der Waals surface area contributed by atoms with Gasteiger partial charge in [0.05, 0.1) is 0 Å². The molecule has 1 aliphatic carbocycles. The van der Waals surface area contributed by atoms with Crippen molar-refractivity contribution < 1.29 is 9.59 Å². The van der Waals surface area contributed by atoms with Crippen LogP contribution < -0.4 is 0 Å². The van der Waals surface area contributed by atoms with Gasteiger partial charge < -0.3 is 9.47 Å². The van der Waals surface area contributed by atoms with Crippen LogP contribution in [-0.2, 0) is 17.8 Å². The maximum absolute atomic E-state index is 12.4. The molecule has 1 aromatic heterocycles. The predicted octanol–water partition coefficient (Wildman–Crippen LogP) is 2.33. The van der Waals surface area contributed by atoms with Crippen molar-refractivity contribution in [1.29, 1.82) is 0 Å². The summed E-state index contributed by atoms with van der Waals surface area (Å²) in [7, 11) is 0. The van der Waals surface area contributed by atoms with Crippen LogP contribution in [0.5, 0.6) is 0 Å². The van der Waals surface area contributed by atoms with Crippen molar-refractivity contribution >= 4 is 11.7 Å². The Bertz CT molecular complexity index is 539. The molecule has 1 saturated heterocycles. The Kier molecular flexibility index (Phi) is 3.64. The number of ketones is 1. The van der Waals surface area contributed by atoms with Crippen molar-refractivity contribution in [3.05, 3.63) is 23.0 Å². The Balaban J connectivity index is 1.80. The number of piperidine rings is 1. The fourth-order valence-corrected chi connectivity index (χ4v) is 3.39. The van der Waals surface area contributed by atoms with Crippen molar-refractivity contribution in [3.63, 3.8) is 0 Å². The number of carbonyl (C=O) groups is 2. The van der Waals surface area contributed by atoms with Gasteiger partial charge in [0.25, 0.3) is 0 Å². The topological polar surface area (TPSA) is 42.3 Å². The van der Waals surface area contributed by atoms with Gasteiger partial charge in [-0.1, -0.05) is 0 Å². The minimum atomic E-state index is 0.198. The van der Waals surface area contributed by atoms with E-state index >= 15 is 0 Å². The first kappa shape index (κ1) is 13.4. The number of rotatable bonds is 2. The number of aryl methyl sites for hydroxylation is 1. The molecule has 20 heavy (non-hydrogen) atoms. The molecule has 2 aliphatic rings. The number of aromatic nitrogens is 1. The highest BCUT2D eigenvalue weighted by Gasteiger charge is 2.25. The molecule has 0 saturated carbocycles. The highest BCUT2D eigenvalue weighted by atomic mass is 16.2. The summed E-state index contributed by atoms with van der Waals surface area (Å²) >= 11 is 0. The molecule has 0 aromatic carbocycles. The fraction of sp³-hybridized carbons (Fsp3) is 0.625. The van der Waals surface area contributed by atoms with E-state index in [2.05, 4.69) is 4.57 Å². The zero-order valence-corrected chi connectivity index (χ0v) is 12.2. The summed E-state index contributed by atoms with van der Waals surface area (Å²) in [6.07, 6.45) is 5.95. The zero-order valence-electron chi connectivity index (χ0n) is 12.2. The molecular weight excluding hydrogens is 252 g/mol. The van der Waals surface area contributed by atoms with Gasteiger partial charge >= 0.3 is 0 Å². The minimum absolute atomic E-state index is 0.198. The second kappa shape index (κ2) is 5.43. The second-order valence-electron chi connectivity index (χ2n) is 5.95. The van der Waals surface area contributed by atoms with Gasteiger partial charge in [0.15, 0.2) is 5.78 Å². The molecule has 0 radical (unpaired) electrons. The van der Waals surface area contributed by atoms with Crippen molar-refractivity contribution in [3.8, 4) is 0 Å². The quantitative estimate of drug-likeness (QED) is 0.830. The van der Waals surface area contributed by atoms with E-state index in [1.807, 2.05) is 17.9 Å². The van der Waals surface area contributed by atoms with Crippen LogP contribution in [0.25, 0.3) is 0 Å². The second-order valence-corrected chi connectivity index (χ2v) is 5.95. The van der Waals surface area contributed by atoms with E-state index in [0.29, 0.717) is 13.0 Å². The lowest BCUT2D eigenvalue weighted by atomic mass is 9.97. The summed E-state index contributed by atoms with van der Waals surface area (Å²) in [5.74, 6) is 0.433. The summed E-state index contributed by atoms with van der Waals surface area (Å²) in [6, 6.07) is 1.96. The van der Waals surface area contributed by atoms with E-state index in [-0.39, 0.29) is 11.7 Å². The molecule has 2 heterocycles. The van der Waals surface area contributed by atoms with E-state index < -0.39 is 0 Å². The van der Waals surface area contributed by atoms with Crippen LogP contribution >= 0.6 is 0 Å². The van der Waals surface area contributed by atoms with E-state index in [0.717, 1.165) is 55.7 Å². The number of hydrogen-bond acceptors (Lipinski definition) is 2. The van der Waals surface area contributed by atoms with Crippen LogP contribution in [0, 0.1) is 6.92 Å². The Morgan fingerprint density at radius 2 is 1.90 bits per heavy atom. The van der Waals surface area contributed by atoms with Gasteiger partial charge in [-0.05, 0) is 45.1 Å². The fourth-order valence-electron chi connectivity index (χ4n) is 3.39. The van der Waals surface area contributed by atoms with Crippen molar-refractivity contribution in [2.75, 3.05) is 13.1 Å². The van der Waals surface area contributed by atoms with Gasteiger partial charge in [-0.25, -0.2) is 0 Å². The molecular formula is C16H22N2O2. The number of hydrogen-bond donors (Lipinski definition) is 0. The number of amides is 1. The molecule has 0 spiro atoms. The summed E-state index contributed by atoms with van der Waals surface area (Å²) in [4.78, 5) is 26.3. The largest absolute Gasteiger partial charge is 0.341 e. The van der Waals surface area contributed by atoms with E-state index in [1.54, 1.807) is 0 Å². The highest BCUT2D eigenvalue weighted by molar-refractivity contribution is 5.98. The molecule has 1 aliphatic heterocycles. The molecule has 4 nitrogen and oxygen atoms in total. The van der Waals surface area contributed by atoms with Gasteiger partial charge in [-0.2, -0.15) is 0 Å². The average molecular weight is 274 g/mol. The smallest absolute Gasteiger partial charge is 0.242 e. The first-order valence-corrected chi connectivity index (χ1v) is 7.67. The van der Waals surface area contributed by atoms with Crippen LogP contribution in [-0.4, -0.2) is 34.2 Å². The molecule has 1 fully saturated rings. The number of Topliss-reactive ketones (excluding diaryl/α,β-unsaturated/α-hetero) is 1. The monoisotopic (exact) mass is 274 g/mol. The minimum Gasteiger partial charge on any atom is -0.341 e. The van der Waals surface area contributed by atoms with Crippen LogP contribution in [0.1, 0.15) is 53.8 Å². The Morgan fingerprint density at radius 3 is 2.65 bits per heavy atom. The Hall–Kier alpha value is -1.58. The van der Waals surface area contributed by atoms with Crippen molar-refractivity contribution in [2.45, 2.75) is 52.0 Å². The van der Waals surface area contributed by atoms with Crippen LogP contribution in [0.2, 0.25) is 0 Å². The lowest BCUT2D eigenvalue weighted by molar-refractivity contribution is -0.132. The number of fused-ring (bicyclic) bond motifs is 1. The highest BCUT2D eigenvalue weighted by Crippen LogP contribution is 2.25. The standard InChI is InChI=1S/C16H22N2O2/c1-12-10-13-14(6-5-7-15(13)19)18(12)11-16(20)17-8-3-2-4-9-17/h10H,2-9,11H2,1H3. The SMILES string of the molecule is Cc1cc2c(n1CC(=O)N1CCCCC1)CCCC2=O. The molecule has 1 amide bonds. The number of carbonyl (C=O) groups excluding carboxylic acids is 2. The lowest BCUT2D eigenvalue weighted by Gasteiger charge is -2.27. The normalized spacial score (nSPS) is 19.1. The van der Waals surface area contributed by atoms with Gasteiger partial charge in [-0.15, -0.1) is 0 Å². The van der Waals surface area contributed by atoms with E-state index in [4.69, 9.17) is 0 Å². The number of likely N-dealkylation sites (tertiary alicyclic amines) is 1.